The number of hydrogen-bond donors (Lipinski definition) is 0. The van der Waals surface area contributed by atoms with Gasteiger partial charge in [0, 0.05) is 37.8 Å². The monoisotopic (exact) mass is 376 g/mol. The number of hydrogen-bond acceptors (Lipinski definition) is 3. The standard InChI is InChI=1S/C19H21FN2O3S/c1-21(14-16-7-2-3-10-18(16)20)19(23)15-8-6-9-17(13-15)26(24,25)22-11-4-5-12-22/h2-3,6-10,13H,4-5,11-12,14H2,1H3. The molecule has 2 aromatic rings. The van der Waals surface area contributed by atoms with E-state index in [2.05, 4.69) is 0 Å². The van der Waals surface area contributed by atoms with E-state index in [-0.39, 0.29) is 28.7 Å². The Morgan fingerprint density at radius 3 is 2.50 bits per heavy atom. The SMILES string of the molecule is CN(Cc1ccccc1F)C(=O)c1cccc(S(=O)(=O)N2CCCC2)c1. The van der Waals surface area contributed by atoms with Gasteiger partial charge in [0.2, 0.25) is 10.0 Å². The third-order valence-corrected chi connectivity index (χ3v) is 6.39. The molecule has 1 fully saturated rings. The van der Waals surface area contributed by atoms with E-state index < -0.39 is 10.0 Å². The number of carbonyl (C=O) groups is 1. The van der Waals surface area contributed by atoms with Crippen molar-refractivity contribution in [2.45, 2.75) is 24.3 Å². The van der Waals surface area contributed by atoms with Gasteiger partial charge in [-0.05, 0) is 37.1 Å². The summed E-state index contributed by atoms with van der Waals surface area (Å²) < 4.78 is 40.6. The summed E-state index contributed by atoms with van der Waals surface area (Å²) in [5, 5.41) is 0. The molecule has 0 spiro atoms. The summed E-state index contributed by atoms with van der Waals surface area (Å²) in [5.74, 6) is -0.732. The van der Waals surface area contributed by atoms with Crippen LogP contribution in [0.15, 0.2) is 53.4 Å². The van der Waals surface area contributed by atoms with Gasteiger partial charge in [0.05, 0.1) is 4.90 Å². The highest BCUT2D eigenvalue weighted by Gasteiger charge is 2.28. The molecule has 5 nitrogen and oxygen atoms in total. The van der Waals surface area contributed by atoms with Crippen LogP contribution in [0.5, 0.6) is 0 Å². The van der Waals surface area contributed by atoms with E-state index in [4.69, 9.17) is 0 Å². The van der Waals surface area contributed by atoms with Crippen LogP contribution in [0.3, 0.4) is 0 Å². The minimum atomic E-state index is -3.58. The van der Waals surface area contributed by atoms with Gasteiger partial charge in [-0.15, -0.1) is 0 Å². The van der Waals surface area contributed by atoms with Crippen molar-refractivity contribution in [3.05, 3.63) is 65.5 Å². The summed E-state index contributed by atoms with van der Waals surface area (Å²) in [4.78, 5) is 14.1. The minimum Gasteiger partial charge on any atom is -0.337 e. The van der Waals surface area contributed by atoms with Crippen LogP contribution in [0.4, 0.5) is 4.39 Å². The second-order valence-corrected chi connectivity index (χ2v) is 8.33. The molecule has 2 aromatic carbocycles. The van der Waals surface area contributed by atoms with Crippen molar-refractivity contribution in [2.75, 3.05) is 20.1 Å². The van der Waals surface area contributed by atoms with Crippen molar-refractivity contribution in [3.63, 3.8) is 0 Å². The average molecular weight is 376 g/mol. The van der Waals surface area contributed by atoms with Gasteiger partial charge in [0.15, 0.2) is 0 Å². The highest BCUT2D eigenvalue weighted by atomic mass is 32.2. The lowest BCUT2D eigenvalue weighted by molar-refractivity contribution is 0.0783. The molecule has 1 amide bonds. The summed E-state index contributed by atoms with van der Waals surface area (Å²) in [6.45, 7) is 1.12. The lowest BCUT2D eigenvalue weighted by Crippen LogP contribution is -2.29. The quantitative estimate of drug-likeness (QED) is 0.806. The fourth-order valence-corrected chi connectivity index (χ4v) is 4.60. The van der Waals surface area contributed by atoms with Crippen molar-refractivity contribution in [3.8, 4) is 0 Å². The Hall–Kier alpha value is -2.25. The zero-order valence-electron chi connectivity index (χ0n) is 14.6. The minimum absolute atomic E-state index is 0.106. The molecule has 1 saturated heterocycles. The molecule has 138 valence electrons. The third kappa shape index (κ3) is 3.78. The summed E-state index contributed by atoms with van der Waals surface area (Å²) in [5.41, 5.74) is 0.674. The maximum atomic E-state index is 13.8. The van der Waals surface area contributed by atoms with Crippen LogP contribution < -0.4 is 0 Å². The Bertz CT molecular complexity index is 909. The number of halogens is 1. The first kappa shape index (κ1) is 18.5. The van der Waals surface area contributed by atoms with Crippen LogP contribution in [0.25, 0.3) is 0 Å². The van der Waals surface area contributed by atoms with E-state index in [0.29, 0.717) is 18.7 Å². The molecule has 0 bridgehead atoms. The lowest BCUT2D eigenvalue weighted by Gasteiger charge is -2.19. The molecule has 3 rings (SSSR count). The zero-order valence-corrected chi connectivity index (χ0v) is 15.4. The molecule has 1 aliphatic rings. The molecule has 0 aromatic heterocycles. The first-order valence-electron chi connectivity index (χ1n) is 8.48. The van der Waals surface area contributed by atoms with Crippen LogP contribution >= 0.6 is 0 Å². The summed E-state index contributed by atoms with van der Waals surface area (Å²) >= 11 is 0. The Morgan fingerprint density at radius 1 is 1.12 bits per heavy atom. The maximum Gasteiger partial charge on any atom is 0.253 e. The first-order chi connectivity index (χ1) is 12.4. The van der Waals surface area contributed by atoms with E-state index in [1.807, 2.05) is 0 Å². The van der Waals surface area contributed by atoms with E-state index in [9.17, 15) is 17.6 Å². The molecular weight excluding hydrogens is 355 g/mol. The average Bonchev–Trinajstić information content (AvgIpc) is 3.18. The third-order valence-electron chi connectivity index (χ3n) is 4.50. The number of benzene rings is 2. The summed E-state index contributed by atoms with van der Waals surface area (Å²) in [7, 11) is -2.02. The fourth-order valence-electron chi connectivity index (χ4n) is 3.04. The molecule has 7 heteroatoms. The van der Waals surface area contributed by atoms with Crippen LogP contribution in [-0.4, -0.2) is 43.7 Å². The predicted octanol–water partition coefficient (Wildman–Crippen LogP) is 2.88. The van der Waals surface area contributed by atoms with Gasteiger partial charge in [-0.1, -0.05) is 24.3 Å². The predicted molar refractivity (Wildman–Crippen MR) is 96.6 cm³/mol. The van der Waals surface area contributed by atoms with Crippen molar-refractivity contribution in [1.82, 2.24) is 9.21 Å². The normalized spacial score (nSPS) is 15.2. The van der Waals surface area contributed by atoms with Gasteiger partial charge in [-0.3, -0.25) is 4.79 Å². The van der Waals surface area contributed by atoms with Gasteiger partial charge in [0.25, 0.3) is 5.91 Å². The molecule has 1 heterocycles. The zero-order chi connectivity index (χ0) is 18.7. The molecule has 0 N–H and O–H groups in total. The van der Waals surface area contributed by atoms with E-state index in [0.717, 1.165) is 12.8 Å². The summed E-state index contributed by atoms with van der Waals surface area (Å²) in [6, 6.07) is 12.3. The Morgan fingerprint density at radius 2 is 1.81 bits per heavy atom. The van der Waals surface area contributed by atoms with Crippen molar-refractivity contribution < 1.29 is 17.6 Å². The van der Waals surface area contributed by atoms with E-state index in [1.165, 1.54) is 27.4 Å². The summed E-state index contributed by atoms with van der Waals surface area (Å²) in [6.07, 6.45) is 1.70. The number of carbonyl (C=O) groups excluding carboxylic acids is 1. The molecule has 1 aliphatic heterocycles. The molecular formula is C19H21FN2O3S. The van der Waals surface area contributed by atoms with Crippen LogP contribution in [-0.2, 0) is 16.6 Å². The fraction of sp³-hybridized carbons (Fsp3) is 0.316. The second-order valence-electron chi connectivity index (χ2n) is 6.39. The van der Waals surface area contributed by atoms with Crippen molar-refractivity contribution in [1.29, 1.82) is 0 Å². The van der Waals surface area contributed by atoms with Crippen molar-refractivity contribution >= 4 is 15.9 Å². The van der Waals surface area contributed by atoms with Crippen LogP contribution in [0.2, 0.25) is 0 Å². The largest absolute Gasteiger partial charge is 0.337 e. The molecule has 26 heavy (non-hydrogen) atoms. The number of amides is 1. The molecule has 0 unspecified atom stereocenters. The van der Waals surface area contributed by atoms with Crippen LogP contribution in [0.1, 0.15) is 28.8 Å². The molecule has 0 radical (unpaired) electrons. The Kier molecular flexibility index (Phi) is 5.38. The first-order valence-corrected chi connectivity index (χ1v) is 9.92. The maximum absolute atomic E-state index is 13.8. The Labute approximate surface area is 153 Å². The highest BCUT2D eigenvalue weighted by molar-refractivity contribution is 7.89. The van der Waals surface area contributed by atoms with Gasteiger partial charge >= 0.3 is 0 Å². The second kappa shape index (κ2) is 7.55. The highest BCUT2D eigenvalue weighted by Crippen LogP contribution is 2.22. The van der Waals surface area contributed by atoms with E-state index >= 15 is 0 Å². The Balaban J connectivity index is 1.81. The smallest absolute Gasteiger partial charge is 0.253 e. The van der Waals surface area contributed by atoms with Gasteiger partial charge in [-0.2, -0.15) is 4.31 Å². The topological polar surface area (TPSA) is 57.7 Å². The van der Waals surface area contributed by atoms with Gasteiger partial charge in [0.1, 0.15) is 5.82 Å². The number of sulfonamides is 1. The van der Waals surface area contributed by atoms with Gasteiger partial charge < -0.3 is 4.90 Å². The number of rotatable bonds is 5. The van der Waals surface area contributed by atoms with E-state index in [1.54, 1.807) is 37.4 Å². The lowest BCUT2D eigenvalue weighted by atomic mass is 10.1. The van der Waals surface area contributed by atoms with Crippen LogP contribution in [0, 0.1) is 5.82 Å². The molecule has 0 saturated carbocycles. The number of nitrogens with zero attached hydrogens (tertiary/aromatic N) is 2. The molecule has 0 atom stereocenters. The van der Waals surface area contributed by atoms with Gasteiger partial charge in [-0.25, -0.2) is 12.8 Å². The van der Waals surface area contributed by atoms with Crippen molar-refractivity contribution in [2.24, 2.45) is 0 Å². The molecule has 0 aliphatic carbocycles.